The highest BCUT2D eigenvalue weighted by Crippen LogP contribution is 2.17. The van der Waals surface area contributed by atoms with Gasteiger partial charge in [-0.05, 0) is 37.1 Å². The van der Waals surface area contributed by atoms with Crippen LogP contribution in [0.15, 0.2) is 36.7 Å². The van der Waals surface area contributed by atoms with Gasteiger partial charge in [0.2, 0.25) is 0 Å². The number of aromatic nitrogens is 2. The Bertz CT molecular complexity index is 446. The van der Waals surface area contributed by atoms with E-state index in [0.29, 0.717) is 0 Å². The molecule has 0 unspecified atom stereocenters. The number of nitrogens with one attached hydrogen (secondary N) is 1. The first-order valence-electron chi connectivity index (χ1n) is 5.55. The van der Waals surface area contributed by atoms with Crippen LogP contribution in [0, 0.1) is 13.8 Å². The molecule has 2 aromatic rings. The van der Waals surface area contributed by atoms with E-state index in [9.17, 15) is 0 Å². The van der Waals surface area contributed by atoms with Gasteiger partial charge in [-0.15, -0.1) is 0 Å². The average Bonchev–Trinajstić information content (AvgIpc) is 2.77. The van der Waals surface area contributed by atoms with E-state index in [4.69, 9.17) is 0 Å². The third kappa shape index (κ3) is 2.42. The van der Waals surface area contributed by atoms with Gasteiger partial charge >= 0.3 is 0 Å². The highest BCUT2D eigenvalue weighted by atomic mass is 15.3. The maximum Gasteiger partial charge on any atom is 0.0582 e. The van der Waals surface area contributed by atoms with Crippen LogP contribution in [-0.4, -0.2) is 16.3 Å². The summed E-state index contributed by atoms with van der Waals surface area (Å²) in [7, 11) is 0. The first-order valence-corrected chi connectivity index (χ1v) is 5.55. The Labute approximate surface area is 96.1 Å². The minimum atomic E-state index is 0.889. The molecule has 0 aliphatic carbocycles. The molecule has 0 radical (unpaired) electrons. The summed E-state index contributed by atoms with van der Waals surface area (Å²) in [4.78, 5) is 0. The highest BCUT2D eigenvalue weighted by molar-refractivity contribution is 5.53. The van der Waals surface area contributed by atoms with Gasteiger partial charge in [0.1, 0.15) is 0 Å². The molecule has 0 saturated carbocycles. The smallest absolute Gasteiger partial charge is 0.0582 e. The Hall–Kier alpha value is -1.77. The molecule has 1 aromatic carbocycles. The van der Waals surface area contributed by atoms with E-state index in [0.717, 1.165) is 13.1 Å². The standard InChI is InChI=1S/C13H17N3/c1-11-5-3-6-13(12(11)2)14-8-10-16-9-4-7-15-16/h3-7,9,14H,8,10H2,1-2H3. The quantitative estimate of drug-likeness (QED) is 0.849. The summed E-state index contributed by atoms with van der Waals surface area (Å²) >= 11 is 0. The number of hydrogen-bond acceptors (Lipinski definition) is 2. The molecule has 3 nitrogen and oxygen atoms in total. The van der Waals surface area contributed by atoms with Gasteiger partial charge in [-0.25, -0.2) is 0 Å². The third-order valence-corrected chi connectivity index (χ3v) is 2.82. The van der Waals surface area contributed by atoms with Crippen molar-refractivity contribution in [3.8, 4) is 0 Å². The molecule has 3 heteroatoms. The lowest BCUT2D eigenvalue weighted by molar-refractivity contribution is 0.637. The molecule has 84 valence electrons. The summed E-state index contributed by atoms with van der Waals surface area (Å²) in [5.41, 5.74) is 3.86. The third-order valence-electron chi connectivity index (χ3n) is 2.82. The highest BCUT2D eigenvalue weighted by Gasteiger charge is 1.99. The van der Waals surface area contributed by atoms with Crippen LogP contribution in [-0.2, 0) is 6.54 Å². The molecule has 0 atom stereocenters. The molecule has 2 rings (SSSR count). The average molecular weight is 215 g/mol. The maximum absolute atomic E-state index is 4.16. The fraction of sp³-hybridized carbons (Fsp3) is 0.308. The number of rotatable bonds is 4. The van der Waals surface area contributed by atoms with Crippen LogP contribution in [0.3, 0.4) is 0 Å². The van der Waals surface area contributed by atoms with Gasteiger partial charge in [-0.3, -0.25) is 4.68 Å². The first kappa shape index (κ1) is 10.7. The molecular formula is C13H17N3. The number of anilines is 1. The summed E-state index contributed by atoms with van der Waals surface area (Å²) in [6.45, 7) is 6.06. The second kappa shape index (κ2) is 4.84. The fourth-order valence-corrected chi connectivity index (χ4v) is 1.68. The lowest BCUT2D eigenvalue weighted by Crippen LogP contribution is -2.11. The Morgan fingerprint density at radius 3 is 2.88 bits per heavy atom. The second-order valence-corrected chi connectivity index (χ2v) is 3.94. The fourth-order valence-electron chi connectivity index (χ4n) is 1.68. The Balaban J connectivity index is 1.92. The molecule has 1 aromatic heterocycles. The van der Waals surface area contributed by atoms with Gasteiger partial charge in [0.15, 0.2) is 0 Å². The summed E-state index contributed by atoms with van der Waals surface area (Å²) in [5, 5.41) is 7.60. The SMILES string of the molecule is Cc1cccc(NCCn2cccn2)c1C. The van der Waals surface area contributed by atoms with Crippen LogP contribution in [0.25, 0.3) is 0 Å². The van der Waals surface area contributed by atoms with Crippen LogP contribution < -0.4 is 5.32 Å². The predicted molar refractivity (Wildman–Crippen MR) is 66.6 cm³/mol. The maximum atomic E-state index is 4.16. The molecule has 0 aliphatic rings. The largest absolute Gasteiger partial charge is 0.383 e. The van der Waals surface area contributed by atoms with Crippen molar-refractivity contribution < 1.29 is 0 Å². The zero-order chi connectivity index (χ0) is 11.4. The second-order valence-electron chi connectivity index (χ2n) is 3.94. The van der Waals surface area contributed by atoms with Crippen molar-refractivity contribution in [3.05, 3.63) is 47.8 Å². The van der Waals surface area contributed by atoms with Gasteiger partial charge in [0.05, 0.1) is 6.54 Å². The van der Waals surface area contributed by atoms with Crippen molar-refractivity contribution in [1.82, 2.24) is 9.78 Å². The summed E-state index contributed by atoms with van der Waals surface area (Å²) in [5.74, 6) is 0. The lowest BCUT2D eigenvalue weighted by atomic mass is 10.1. The zero-order valence-corrected chi connectivity index (χ0v) is 9.77. The predicted octanol–water partition coefficient (Wildman–Crippen LogP) is 2.61. The number of benzene rings is 1. The van der Waals surface area contributed by atoms with Gasteiger partial charge in [0.25, 0.3) is 0 Å². The van der Waals surface area contributed by atoms with Crippen LogP contribution in [0.2, 0.25) is 0 Å². The van der Waals surface area contributed by atoms with E-state index in [-0.39, 0.29) is 0 Å². The first-order chi connectivity index (χ1) is 7.77. The Morgan fingerprint density at radius 2 is 2.12 bits per heavy atom. The van der Waals surface area contributed by atoms with Gasteiger partial charge in [-0.1, -0.05) is 12.1 Å². The van der Waals surface area contributed by atoms with E-state index >= 15 is 0 Å². The topological polar surface area (TPSA) is 29.9 Å². The van der Waals surface area contributed by atoms with Crippen molar-refractivity contribution in [2.75, 3.05) is 11.9 Å². The Kier molecular flexibility index (Phi) is 3.25. The molecule has 0 aliphatic heterocycles. The molecule has 0 spiro atoms. The minimum absolute atomic E-state index is 0.889. The molecule has 1 heterocycles. The van der Waals surface area contributed by atoms with Gasteiger partial charge in [-0.2, -0.15) is 5.10 Å². The summed E-state index contributed by atoms with van der Waals surface area (Å²) in [6.07, 6.45) is 3.78. The van der Waals surface area contributed by atoms with Crippen LogP contribution in [0.5, 0.6) is 0 Å². The van der Waals surface area contributed by atoms with Gasteiger partial charge < -0.3 is 5.32 Å². The molecule has 1 N–H and O–H groups in total. The minimum Gasteiger partial charge on any atom is -0.383 e. The Morgan fingerprint density at radius 1 is 1.25 bits per heavy atom. The lowest BCUT2D eigenvalue weighted by Gasteiger charge is -2.11. The number of hydrogen-bond donors (Lipinski definition) is 1. The summed E-state index contributed by atoms with van der Waals surface area (Å²) < 4.78 is 1.93. The van der Waals surface area contributed by atoms with Crippen molar-refractivity contribution in [3.63, 3.8) is 0 Å². The number of aryl methyl sites for hydroxylation is 1. The molecule has 0 bridgehead atoms. The van der Waals surface area contributed by atoms with E-state index in [1.807, 2.05) is 16.9 Å². The molecular weight excluding hydrogens is 198 g/mol. The van der Waals surface area contributed by atoms with Crippen molar-refractivity contribution in [2.24, 2.45) is 0 Å². The van der Waals surface area contributed by atoms with Crippen molar-refractivity contribution in [2.45, 2.75) is 20.4 Å². The monoisotopic (exact) mass is 215 g/mol. The zero-order valence-electron chi connectivity index (χ0n) is 9.77. The van der Waals surface area contributed by atoms with Crippen molar-refractivity contribution in [1.29, 1.82) is 0 Å². The molecule has 0 saturated heterocycles. The van der Waals surface area contributed by atoms with E-state index in [1.165, 1.54) is 16.8 Å². The normalized spacial score (nSPS) is 10.4. The van der Waals surface area contributed by atoms with E-state index in [1.54, 1.807) is 6.20 Å². The molecule has 0 fully saturated rings. The van der Waals surface area contributed by atoms with E-state index in [2.05, 4.69) is 42.5 Å². The van der Waals surface area contributed by atoms with Crippen LogP contribution in [0.1, 0.15) is 11.1 Å². The van der Waals surface area contributed by atoms with Crippen LogP contribution in [0.4, 0.5) is 5.69 Å². The molecule has 16 heavy (non-hydrogen) atoms. The summed E-state index contributed by atoms with van der Waals surface area (Å²) in [6, 6.07) is 8.27. The van der Waals surface area contributed by atoms with Crippen LogP contribution >= 0.6 is 0 Å². The van der Waals surface area contributed by atoms with Gasteiger partial charge in [0, 0.05) is 24.6 Å². The molecule has 0 amide bonds. The number of nitrogens with zero attached hydrogens (tertiary/aromatic N) is 2. The van der Waals surface area contributed by atoms with Crippen molar-refractivity contribution >= 4 is 5.69 Å². The van der Waals surface area contributed by atoms with E-state index < -0.39 is 0 Å².